The Morgan fingerprint density at radius 3 is 2.85 bits per heavy atom. The van der Waals surface area contributed by atoms with Gasteiger partial charge in [0.25, 0.3) is 0 Å². The zero-order chi connectivity index (χ0) is 14.5. The molecule has 1 aromatic heterocycles. The minimum atomic E-state index is -0.648. The van der Waals surface area contributed by atoms with E-state index in [1.807, 2.05) is 31.3 Å². The van der Waals surface area contributed by atoms with Crippen LogP contribution in [0.2, 0.25) is 0 Å². The van der Waals surface area contributed by atoms with Gasteiger partial charge in [0.2, 0.25) is 0 Å². The summed E-state index contributed by atoms with van der Waals surface area (Å²) < 4.78 is 10.4. The molecule has 0 spiro atoms. The van der Waals surface area contributed by atoms with Gasteiger partial charge < -0.3 is 20.2 Å². The Balaban J connectivity index is 2.21. The highest BCUT2D eigenvalue weighted by atomic mass is 16.5. The molecule has 0 aliphatic rings. The number of nitrogens with two attached hydrogens (primary N) is 1. The second kappa shape index (κ2) is 6.43. The molecule has 0 saturated carbocycles. The molecule has 3 N–H and O–H groups in total. The molecule has 0 aliphatic carbocycles. The smallest absolute Gasteiger partial charge is 0.323 e. The van der Waals surface area contributed by atoms with E-state index in [4.69, 9.17) is 15.2 Å². The number of hydrogen-bond donors (Lipinski definition) is 2. The van der Waals surface area contributed by atoms with Crippen molar-refractivity contribution in [3.05, 3.63) is 30.0 Å². The number of aromatic nitrogens is 1. The van der Waals surface area contributed by atoms with Crippen molar-refractivity contribution in [1.82, 2.24) is 4.98 Å². The first-order valence-electron chi connectivity index (χ1n) is 6.80. The third kappa shape index (κ3) is 3.11. The number of fused-ring (bicyclic) bond motifs is 1. The fourth-order valence-corrected chi connectivity index (χ4v) is 2.15. The van der Waals surface area contributed by atoms with Crippen molar-refractivity contribution in [1.29, 1.82) is 0 Å². The third-order valence-corrected chi connectivity index (χ3v) is 3.08. The molecule has 20 heavy (non-hydrogen) atoms. The molecule has 1 heterocycles. The summed E-state index contributed by atoms with van der Waals surface area (Å²) in [5, 5.41) is 1.02. The number of H-pyrrole nitrogens is 1. The Kier molecular flexibility index (Phi) is 4.63. The summed E-state index contributed by atoms with van der Waals surface area (Å²) in [5.74, 6) is 0.438. The van der Waals surface area contributed by atoms with Gasteiger partial charge in [-0.1, -0.05) is 0 Å². The highest BCUT2D eigenvalue weighted by Crippen LogP contribution is 2.24. The zero-order valence-corrected chi connectivity index (χ0v) is 11.8. The van der Waals surface area contributed by atoms with E-state index in [0.29, 0.717) is 19.6 Å². The summed E-state index contributed by atoms with van der Waals surface area (Å²) in [4.78, 5) is 14.8. The summed E-state index contributed by atoms with van der Waals surface area (Å²) in [6.07, 6.45) is 2.31. The predicted octanol–water partition coefficient (Wildman–Crippen LogP) is 2.00. The molecule has 0 saturated heterocycles. The van der Waals surface area contributed by atoms with E-state index in [9.17, 15) is 4.79 Å². The summed E-state index contributed by atoms with van der Waals surface area (Å²) >= 11 is 0. The molecule has 5 heteroatoms. The van der Waals surface area contributed by atoms with Gasteiger partial charge in [-0.2, -0.15) is 0 Å². The van der Waals surface area contributed by atoms with Crippen LogP contribution in [0.25, 0.3) is 10.9 Å². The molecule has 2 rings (SSSR count). The highest BCUT2D eigenvalue weighted by molar-refractivity contribution is 5.85. The molecule has 1 aromatic carbocycles. The Hall–Kier alpha value is -2.01. The number of esters is 1. The van der Waals surface area contributed by atoms with E-state index < -0.39 is 6.04 Å². The first-order chi connectivity index (χ1) is 9.65. The molecular formula is C15H20N2O3. The van der Waals surface area contributed by atoms with Crippen LogP contribution in [-0.2, 0) is 16.0 Å². The SMILES string of the molecule is CCOC(=O)C(N)Cc1c[nH]c2ccc(OCC)cc12. The van der Waals surface area contributed by atoms with Crippen molar-refractivity contribution in [2.75, 3.05) is 13.2 Å². The summed E-state index contributed by atoms with van der Waals surface area (Å²) in [5.41, 5.74) is 7.85. The van der Waals surface area contributed by atoms with E-state index >= 15 is 0 Å². The van der Waals surface area contributed by atoms with Crippen LogP contribution >= 0.6 is 0 Å². The molecule has 1 atom stereocenters. The van der Waals surface area contributed by atoms with E-state index in [0.717, 1.165) is 22.2 Å². The van der Waals surface area contributed by atoms with E-state index in [2.05, 4.69) is 4.98 Å². The quantitative estimate of drug-likeness (QED) is 0.791. The largest absolute Gasteiger partial charge is 0.494 e. The maximum absolute atomic E-state index is 11.6. The van der Waals surface area contributed by atoms with Crippen molar-refractivity contribution >= 4 is 16.9 Å². The van der Waals surface area contributed by atoms with Gasteiger partial charge in [0.15, 0.2) is 0 Å². The molecule has 0 aliphatic heterocycles. The first-order valence-corrected chi connectivity index (χ1v) is 6.80. The number of aromatic amines is 1. The normalized spacial score (nSPS) is 12.3. The van der Waals surface area contributed by atoms with Crippen LogP contribution in [0.5, 0.6) is 5.75 Å². The summed E-state index contributed by atoms with van der Waals surface area (Å²) in [6, 6.07) is 5.18. The van der Waals surface area contributed by atoms with Crippen LogP contribution in [0, 0.1) is 0 Å². The minimum absolute atomic E-state index is 0.342. The van der Waals surface area contributed by atoms with Crippen LogP contribution in [0.4, 0.5) is 0 Å². The maximum atomic E-state index is 11.6. The van der Waals surface area contributed by atoms with Gasteiger partial charge in [0.1, 0.15) is 11.8 Å². The number of hydrogen-bond acceptors (Lipinski definition) is 4. The fraction of sp³-hybridized carbons (Fsp3) is 0.400. The number of rotatable bonds is 6. The number of nitrogens with one attached hydrogen (secondary N) is 1. The Labute approximate surface area is 118 Å². The number of ether oxygens (including phenoxy) is 2. The second-order valence-corrected chi connectivity index (χ2v) is 4.52. The molecule has 0 amide bonds. The number of carbonyl (C=O) groups is 1. The average molecular weight is 276 g/mol. The van der Waals surface area contributed by atoms with Gasteiger partial charge in [-0.3, -0.25) is 4.79 Å². The van der Waals surface area contributed by atoms with Crippen molar-refractivity contribution in [3.8, 4) is 5.75 Å². The van der Waals surface area contributed by atoms with E-state index in [1.165, 1.54) is 0 Å². The van der Waals surface area contributed by atoms with Crippen molar-refractivity contribution in [3.63, 3.8) is 0 Å². The number of carbonyl (C=O) groups excluding carboxylic acids is 1. The fourth-order valence-electron chi connectivity index (χ4n) is 2.15. The van der Waals surface area contributed by atoms with Crippen molar-refractivity contribution < 1.29 is 14.3 Å². The van der Waals surface area contributed by atoms with Gasteiger partial charge in [-0.25, -0.2) is 0 Å². The van der Waals surface area contributed by atoms with E-state index in [-0.39, 0.29) is 5.97 Å². The van der Waals surface area contributed by atoms with Gasteiger partial charge in [0, 0.05) is 23.5 Å². The standard InChI is InChI=1S/C15H20N2O3/c1-3-19-11-5-6-14-12(8-11)10(9-17-14)7-13(16)15(18)20-4-2/h5-6,8-9,13,17H,3-4,7,16H2,1-2H3. The topological polar surface area (TPSA) is 77.3 Å². The maximum Gasteiger partial charge on any atom is 0.323 e. The minimum Gasteiger partial charge on any atom is -0.494 e. The van der Waals surface area contributed by atoms with E-state index in [1.54, 1.807) is 6.92 Å². The summed E-state index contributed by atoms with van der Waals surface area (Å²) in [7, 11) is 0. The van der Waals surface area contributed by atoms with Crippen LogP contribution in [0.3, 0.4) is 0 Å². The molecule has 0 radical (unpaired) electrons. The lowest BCUT2D eigenvalue weighted by Crippen LogP contribution is -2.34. The molecule has 108 valence electrons. The lowest BCUT2D eigenvalue weighted by molar-refractivity contribution is -0.144. The van der Waals surface area contributed by atoms with Gasteiger partial charge in [0.05, 0.1) is 13.2 Å². The summed E-state index contributed by atoms with van der Waals surface area (Å²) in [6.45, 7) is 4.67. The lowest BCUT2D eigenvalue weighted by atomic mass is 10.1. The molecule has 0 fully saturated rings. The van der Waals surface area contributed by atoms with Crippen LogP contribution < -0.4 is 10.5 Å². The number of benzene rings is 1. The lowest BCUT2D eigenvalue weighted by Gasteiger charge is -2.10. The van der Waals surface area contributed by atoms with Crippen LogP contribution in [0.15, 0.2) is 24.4 Å². The predicted molar refractivity (Wildman–Crippen MR) is 77.8 cm³/mol. The first kappa shape index (κ1) is 14.4. The molecule has 0 bridgehead atoms. The second-order valence-electron chi connectivity index (χ2n) is 4.52. The Morgan fingerprint density at radius 2 is 2.15 bits per heavy atom. The Bertz CT molecular complexity index is 592. The third-order valence-electron chi connectivity index (χ3n) is 3.08. The molecule has 5 nitrogen and oxygen atoms in total. The molecule has 2 aromatic rings. The van der Waals surface area contributed by atoms with Gasteiger partial charge in [-0.05, 0) is 37.6 Å². The van der Waals surface area contributed by atoms with Crippen molar-refractivity contribution in [2.45, 2.75) is 26.3 Å². The highest BCUT2D eigenvalue weighted by Gasteiger charge is 2.17. The molecule has 1 unspecified atom stereocenters. The monoisotopic (exact) mass is 276 g/mol. The van der Waals surface area contributed by atoms with Crippen LogP contribution in [-0.4, -0.2) is 30.2 Å². The van der Waals surface area contributed by atoms with Crippen LogP contribution in [0.1, 0.15) is 19.4 Å². The van der Waals surface area contributed by atoms with Gasteiger partial charge in [-0.15, -0.1) is 0 Å². The van der Waals surface area contributed by atoms with Crippen molar-refractivity contribution in [2.24, 2.45) is 5.73 Å². The van der Waals surface area contributed by atoms with Gasteiger partial charge >= 0.3 is 5.97 Å². The zero-order valence-electron chi connectivity index (χ0n) is 11.8. The molecular weight excluding hydrogens is 256 g/mol. The Morgan fingerprint density at radius 1 is 1.35 bits per heavy atom. The average Bonchev–Trinajstić information content (AvgIpc) is 2.82.